The third kappa shape index (κ3) is 2.34. The summed E-state index contributed by atoms with van der Waals surface area (Å²) >= 11 is 3.03. The van der Waals surface area contributed by atoms with Gasteiger partial charge in [-0.3, -0.25) is 0 Å². The first-order valence-corrected chi connectivity index (χ1v) is 9.26. The van der Waals surface area contributed by atoms with E-state index in [1.807, 2.05) is 6.07 Å². The Balaban J connectivity index is 1.98. The maximum Gasteiger partial charge on any atom is 0.277 e. The Morgan fingerprint density at radius 3 is 2.30 bits per heavy atom. The fourth-order valence-electron chi connectivity index (χ4n) is 1.87. The van der Waals surface area contributed by atoms with Crippen molar-refractivity contribution in [2.75, 3.05) is 0 Å². The zero-order valence-corrected chi connectivity index (χ0v) is 13.3. The van der Waals surface area contributed by atoms with E-state index in [2.05, 4.69) is 19.1 Å². The standard InChI is InChI=1S/C14H13NO2S3/c1-2-11-5-6-12(18-11)13-7-8-14(19-13)20(16,17)15-9-3-4-10-15/h3-10H,2H2,1H3. The minimum Gasteiger partial charge on any atom is -0.248 e. The van der Waals surface area contributed by atoms with Gasteiger partial charge < -0.3 is 0 Å². The molecule has 0 saturated heterocycles. The van der Waals surface area contributed by atoms with Crippen LogP contribution in [0.2, 0.25) is 0 Å². The van der Waals surface area contributed by atoms with Gasteiger partial charge in [0.05, 0.1) is 0 Å². The van der Waals surface area contributed by atoms with Crippen molar-refractivity contribution in [2.24, 2.45) is 0 Å². The molecule has 0 aliphatic rings. The molecule has 3 rings (SSSR count). The molecule has 0 aliphatic carbocycles. The van der Waals surface area contributed by atoms with Crippen molar-refractivity contribution < 1.29 is 8.42 Å². The van der Waals surface area contributed by atoms with Crippen LogP contribution in [0.4, 0.5) is 0 Å². The molecule has 0 aromatic carbocycles. The molecule has 0 radical (unpaired) electrons. The maximum atomic E-state index is 12.4. The van der Waals surface area contributed by atoms with Crippen LogP contribution in [0.3, 0.4) is 0 Å². The number of hydrogen-bond acceptors (Lipinski definition) is 4. The van der Waals surface area contributed by atoms with E-state index in [4.69, 9.17) is 0 Å². The van der Waals surface area contributed by atoms with Gasteiger partial charge in [-0.25, -0.2) is 3.97 Å². The van der Waals surface area contributed by atoms with Gasteiger partial charge in [0.2, 0.25) is 0 Å². The monoisotopic (exact) mass is 323 g/mol. The van der Waals surface area contributed by atoms with Crippen LogP contribution in [0.25, 0.3) is 9.75 Å². The number of aryl methyl sites for hydroxylation is 1. The Labute approximate surface area is 126 Å². The molecule has 3 aromatic heterocycles. The number of nitrogens with zero attached hydrogens (tertiary/aromatic N) is 1. The predicted molar refractivity (Wildman–Crippen MR) is 84.0 cm³/mol. The van der Waals surface area contributed by atoms with Crippen LogP contribution in [-0.4, -0.2) is 12.4 Å². The largest absolute Gasteiger partial charge is 0.277 e. The number of thiophene rings is 2. The van der Waals surface area contributed by atoms with Crippen LogP contribution in [0.1, 0.15) is 11.8 Å². The van der Waals surface area contributed by atoms with Crippen LogP contribution in [0, 0.1) is 0 Å². The second-order valence-corrected chi connectivity index (χ2v) is 8.58. The highest BCUT2D eigenvalue weighted by atomic mass is 32.2. The highest BCUT2D eigenvalue weighted by molar-refractivity contribution is 7.92. The average Bonchev–Trinajstić information content (AvgIpc) is 3.18. The summed E-state index contributed by atoms with van der Waals surface area (Å²) in [5, 5.41) is 0. The zero-order chi connectivity index (χ0) is 14.2. The van der Waals surface area contributed by atoms with Gasteiger partial charge in [0.15, 0.2) is 0 Å². The van der Waals surface area contributed by atoms with E-state index in [-0.39, 0.29) is 0 Å². The summed E-state index contributed by atoms with van der Waals surface area (Å²) in [6, 6.07) is 11.1. The lowest BCUT2D eigenvalue weighted by molar-refractivity contribution is 0.589. The molecular weight excluding hydrogens is 310 g/mol. The van der Waals surface area contributed by atoms with Crippen molar-refractivity contribution in [3.63, 3.8) is 0 Å². The lowest BCUT2D eigenvalue weighted by atomic mass is 10.3. The molecule has 104 valence electrons. The van der Waals surface area contributed by atoms with E-state index in [1.54, 1.807) is 41.9 Å². The summed E-state index contributed by atoms with van der Waals surface area (Å²) in [4.78, 5) is 3.43. The Bertz CT molecular complexity index is 810. The molecule has 0 fully saturated rings. The predicted octanol–water partition coefficient (Wildman–Crippen LogP) is 4.08. The lowest BCUT2D eigenvalue weighted by Crippen LogP contribution is -2.08. The van der Waals surface area contributed by atoms with Crippen LogP contribution in [0.15, 0.2) is 53.0 Å². The molecule has 20 heavy (non-hydrogen) atoms. The van der Waals surface area contributed by atoms with Crippen LogP contribution >= 0.6 is 22.7 Å². The summed E-state index contributed by atoms with van der Waals surface area (Å²) in [5.74, 6) is 0. The molecule has 0 spiro atoms. The van der Waals surface area contributed by atoms with E-state index in [1.165, 1.54) is 20.2 Å². The molecule has 0 N–H and O–H groups in total. The molecule has 3 nitrogen and oxygen atoms in total. The fraction of sp³-hybridized carbons (Fsp3) is 0.143. The van der Waals surface area contributed by atoms with Crippen molar-refractivity contribution in [2.45, 2.75) is 17.6 Å². The Morgan fingerprint density at radius 1 is 1.00 bits per heavy atom. The second kappa shape index (κ2) is 5.20. The van der Waals surface area contributed by atoms with Gasteiger partial charge in [-0.05, 0) is 42.8 Å². The maximum absolute atomic E-state index is 12.4. The number of rotatable bonds is 4. The third-order valence-corrected chi connectivity index (χ3v) is 7.57. The van der Waals surface area contributed by atoms with Crippen molar-refractivity contribution in [1.29, 1.82) is 0 Å². The van der Waals surface area contributed by atoms with Crippen LogP contribution in [-0.2, 0) is 16.4 Å². The minimum absolute atomic E-state index is 0.371. The van der Waals surface area contributed by atoms with E-state index in [0.29, 0.717) is 4.21 Å². The van der Waals surface area contributed by atoms with Gasteiger partial charge in [0.25, 0.3) is 10.0 Å². The Kier molecular flexibility index (Phi) is 3.54. The summed E-state index contributed by atoms with van der Waals surface area (Å²) in [6.07, 6.45) is 4.11. The van der Waals surface area contributed by atoms with Gasteiger partial charge in [-0.1, -0.05) is 6.92 Å². The molecule has 3 heterocycles. The molecule has 0 bridgehead atoms. The third-order valence-electron chi connectivity index (χ3n) is 2.94. The number of aromatic nitrogens is 1. The summed E-state index contributed by atoms with van der Waals surface area (Å²) in [7, 11) is -3.44. The summed E-state index contributed by atoms with van der Waals surface area (Å²) in [5.41, 5.74) is 0. The van der Waals surface area contributed by atoms with Crippen molar-refractivity contribution >= 4 is 32.7 Å². The van der Waals surface area contributed by atoms with Gasteiger partial charge in [-0.15, -0.1) is 22.7 Å². The minimum atomic E-state index is -3.44. The topological polar surface area (TPSA) is 39.1 Å². The van der Waals surface area contributed by atoms with Crippen molar-refractivity contribution in [3.8, 4) is 9.75 Å². The van der Waals surface area contributed by atoms with Crippen LogP contribution in [0.5, 0.6) is 0 Å². The van der Waals surface area contributed by atoms with Crippen LogP contribution < -0.4 is 0 Å². The molecular formula is C14H13NO2S3. The Morgan fingerprint density at radius 2 is 1.65 bits per heavy atom. The van der Waals surface area contributed by atoms with E-state index in [0.717, 1.165) is 16.2 Å². The Hall–Kier alpha value is -1.37. The smallest absolute Gasteiger partial charge is 0.248 e. The normalized spacial score (nSPS) is 11.8. The quantitative estimate of drug-likeness (QED) is 0.726. The molecule has 6 heteroatoms. The van der Waals surface area contributed by atoms with Gasteiger partial charge in [-0.2, -0.15) is 8.42 Å². The van der Waals surface area contributed by atoms with E-state index in [9.17, 15) is 8.42 Å². The van der Waals surface area contributed by atoms with E-state index < -0.39 is 10.0 Å². The average molecular weight is 323 g/mol. The summed E-state index contributed by atoms with van der Waals surface area (Å²) < 4.78 is 26.4. The van der Waals surface area contributed by atoms with Gasteiger partial charge in [0.1, 0.15) is 4.21 Å². The SMILES string of the molecule is CCc1ccc(-c2ccc(S(=O)(=O)n3cccc3)s2)s1. The molecule has 0 atom stereocenters. The first kappa shape index (κ1) is 13.6. The highest BCUT2D eigenvalue weighted by Crippen LogP contribution is 2.35. The van der Waals surface area contributed by atoms with Gasteiger partial charge >= 0.3 is 0 Å². The van der Waals surface area contributed by atoms with Crippen molar-refractivity contribution in [1.82, 2.24) is 3.97 Å². The summed E-state index contributed by atoms with van der Waals surface area (Å²) in [6.45, 7) is 2.12. The lowest BCUT2D eigenvalue weighted by Gasteiger charge is -2.01. The molecule has 0 unspecified atom stereocenters. The fourth-order valence-corrected chi connectivity index (χ4v) is 5.51. The van der Waals surface area contributed by atoms with Crippen molar-refractivity contribution in [3.05, 3.63) is 53.7 Å². The molecule has 0 amide bonds. The number of hydrogen-bond donors (Lipinski definition) is 0. The zero-order valence-electron chi connectivity index (χ0n) is 10.8. The highest BCUT2D eigenvalue weighted by Gasteiger charge is 2.19. The first-order valence-electron chi connectivity index (χ1n) is 6.18. The van der Waals surface area contributed by atoms with Gasteiger partial charge in [0, 0.05) is 27.0 Å². The first-order chi connectivity index (χ1) is 9.61. The molecule has 3 aromatic rings. The molecule has 0 aliphatic heterocycles. The van der Waals surface area contributed by atoms with E-state index >= 15 is 0 Å². The second-order valence-electron chi connectivity index (χ2n) is 4.26. The molecule has 0 saturated carbocycles.